The summed E-state index contributed by atoms with van der Waals surface area (Å²) in [7, 11) is 2.02. The molecule has 2 aliphatic rings. The van der Waals surface area contributed by atoms with Gasteiger partial charge in [-0.3, -0.25) is 0 Å². The van der Waals surface area contributed by atoms with E-state index in [2.05, 4.69) is 53.4 Å². The molecule has 5 aromatic rings. The van der Waals surface area contributed by atoms with Crippen LogP contribution in [0.1, 0.15) is 0 Å². The molecular formula is C26H17BN2O2. The maximum Gasteiger partial charge on any atom is 0.259 e. The Morgan fingerprint density at radius 3 is 2.16 bits per heavy atom. The molecular weight excluding hydrogens is 383 g/mol. The Hall–Kier alpha value is -3.99. The lowest BCUT2D eigenvalue weighted by Crippen LogP contribution is -2.57. The molecule has 3 heterocycles. The van der Waals surface area contributed by atoms with Gasteiger partial charge in [0.2, 0.25) is 6.33 Å². The predicted molar refractivity (Wildman–Crippen MR) is 121 cm³/mol. The summed E-state index contributed by atoms with van der Waals surface area (Å²) in [6.07, 6.45) is 3.45. The van der Waals surface area contributed by atoms with E-state index in [1.807, 2.05) is 54.1 Å². The van der Waals surface area contributed by atoms with Crippen LogP contribution in [0.25, 0.3) is 16.7 Å². The van der Waals surface area contributed by atoms with Crippen molar-refractivity contribution in [2.24, 2.45) is 7.05 Å². The van der Waals surface area contributed by atoms with Crippen LogP contribution >= 0.6 is 0 Å². The summed E-state index contributed by atoms with van der Waals surface area (Å²) in [5.74, 6) is 3.47. The van der Waals surface area contributed by atoms with E-state index >= 15 is 0 Å². The Bertz CT molecular complexity index is 1500. The SMILES string of the molecule is C[n+]1[c-]n(-c2ccccc2)c2cc3c4c(c21)Oc1ccccc1B4c1ccccc1O3. The fourth-order valence-electron chi connectivity index (χ4n) is 4.94. The van der Waals surface area contributed by atoms with Crippen molar-refractivity contribution in [2.45, 2.75) is 0 Å². The Balaban J connectivity index is 1.59. The lowest BCUT2D eigenvalue weighted by molar-refractivity contribution is -0.649. The second-order valence-corrected chi connectivity index (χ2v) is 8.03. The highest BCUT2D eigenvalue weighted by Gasteiger charge is 2.41. The molecule has 0 saturated heterocycles. The Morgan fingerprint density at radius 1 is 0.774 bits per heavy atom. The molecule has 0 bridgehead atoms. The standard InChI is InChI=1S/C26H17BN2O2/c1-28-16-29(17-9-3-2-4-10-17)20-15-23-24-26(25(20)28)31-22-14-8-6-12-19(22)27(24)18-11-5-7-13-21(18)30-23/h2-15H,1H3. The molecule has 0 amide bonds. The second kappa shape index (κ2) is 6.02. The van der Waals surface area contributed by atoms with Crippen molar-refractivity contribution < 1.29 is 14.0 Å². The van der Waals surface area contributed by atoms with Gasteiger partial charge in [0.25, 0.3) is 6.71 Å². The maximum absolute atomic E-state index is 6.55. The van der Waals surface area contributed by atoms with Crippen molar-refractivity contribution in [1.82, 2.24) is 4.57 Å². The molecule has 0 aliphatic carbocycles. The van der Waals surface area contributed by atoms with Gasteiger partial charge in [0.15, 0.2) is 0 Å². The first kappa shape index (κ1) is 16.8. The quantitative estimate of drug-likeness (QED) is 0.241. The summed E-state index contributed by atoms with van der Waals surface area (Å²) in [6, 6.07) is 29.0. The summed E-state index contributed by atoms with van der Waals surface area (Å²) in [6.45, 7) is 0.0735. The topological polar surface area (TPSA) is 27.3 Å². The summed E-state index contributed by atoms with van der Waals surface area (Å²) in [4.78, 5) is 0. The Kier molecular flexibility index (Phi) is 3.26. The molecule has 0 N–H and O–H groups in total. The zero-order valence-corrected chi connectivity index (χ0v) is 16.9. The minimum atomic E-state index is 0.0735. The number of para-hydroxylation sites is 3. The molecule has 1 aromatic heterocycles. The molecule has 0 radical (unpaired) electrons. The number of benzene rings is 4. The van der Waals surface area contributed by atoms with Crippen molar-refractivity contribution in [3.05, 3.63) is 91.3 Å². The molecule has 31 heavy (non-hydrogen) atoms. The Labute approximate surface area is 180 Å². The van der Waals surface area contributed by atoms with Crippen LogP contribution in [0.15, 0.2) is 84.9 Å². The van der Waals surface area contributed by atoms with Crippen LogP contribution in [0.3, 0.4) is 0 Å². The van der Waals surface area contributed by atoms with E-state index in [0.717, 1.165) is 45.2 Å². The van der Waals surface area contributed by atoms with Gasteiger partial charge in [-0.1, -0.05) is 66.7 Å². The number of imidazole rings is 1. The van der Waals surface area contributed by atoms with Crippen molar-refractivity contribution in [3.63, 3.8) is 0 Å². The maximum atomic E-state index is 6.55. The summed E-state index contributed by atoms with van der Waals surface area (Å²) in [5, 5.41) is 0. The largest absolute Gasteiger partial charge is 0.464 e. The second-order valence-electron chi connectivity index (χ2n) is 8.03. The van der Waals surface area contributed by atoms with E-state index in [4.69, 9.17) is 9.47 Å². The highest BCUT2D eigenvalue weighted by Crippen LogP contribution is 2.38. The summed E-state index contributed by atoms with van der Waals surface area (Å²) >= 11 is 0. The number of aryl methyl sites for hydroxylation is 1. The first-order chi connectivity index (χ1) is 15.3. The van der Waals surface area contributed by atoms with Gasteiger partial charge in [-0.15, -0.1) is 0 Å². The number of nitrogens with zero attached hydrogens (tertiary/aromatic N) is 2. The highest BCUT2D eigenvalue weighted by molar-refractivity contribution is 6.98. The van der Waals surface area contributed by atoms with Gasteiger partial charge in [0.1, 0.15) is 28.5 Å². The lowest BCUT2D eigenvalue weighted by atomic mass is 9.35. The van der Waals surface area contributed by atoms with Crippen molar-refractivity contribution in [2.75, 3.05) is 0 Å². The zero-order chi connectivity index (χ0) is 20.5. The summed E-state index contributed by atoms with van der Waals surface area (Å²) in [5.41, 5.74) is 6.47. The van der Waals surface area contributed by atoms with Crippen LogP contribution in [0, 0.1) is 6.33 Å². The van der Waals surface area contributed by atoms with Gasteiger partial charge in [-0.2, -0.15) is 0 Å². The van der Waals surface area contributed by atoms with Crippen LogP contribution in [0.4, 0.5) is 0 Å². The minimum Gasteiger partial charge on any atom is -0.464 e. The van der Waals surface area contributed by atoms with E-state index in [1.165, 1.54) is 10.9 Å². The number of aromatic nitrogens is 2. The van der Waals surface area contributed by atoms with E-state index in [9.17, 15) is 0 Å². The smallest absolute Gasteiger partial charge is 0.259 e. The molecule has 0 unspecified atom stereocenters. The molecule has 5 heteroatoms. The average molecular weight is 400 g/mol. The monoisotopic (exact) mass is 400 g/mol. The van der Waals surface area contributed by atoms with E-state index in [0.29, 0.717) is 0 Å². The van der Waals surface area contributed by atoms with Crippen LogP contribution in [-0.2, 0) is 7.05 Å². The van der Waals surface area contributed by atoms with Crippen LogP contribution < -0.4 is 30.4 Å². The van der Waals surface area contributed by atoms with E-state index in [-0.39, 0.29) is 6.71 Å². The first-order valence-corrected chi connectivity index (χ1v) is 10.4. The number of hydrogen-bond donors (Lipinski definition) is 0. The number of rotatable bonds is 1. The van der Waals surface area contributed by atoms with Gasteiger partial charge in [0.05, 0.1) is 18.3 Å². The fourth-order valence-corrected chi connectivity index (χ4v) is 4.94. The molecule has 4 aromatic carbocycles. The lowest BCUT2D eigenvalue weighted by Gasteiger charge is -2.33. The molecule has 0 atom stereocenters. The van der Waals surface area contributed by atoms with E-state index in [1.54, 1.807) is 0 Å². The van der Waals surface area contributed by atoms with Crippen molar-refractivity contribution in [1.29, 1.82) is 0 Å². The van der Waals surface area contributed by atoms with E-state index < -0.39 is 0 Å². The minimum absolute atomic E-state index is 0.0735. The highest BCUT2D eigenvalue weighted by atomic mass is 16.5. The van der Waals surface area contributed by atoms with Gasteiger partial charge in [-0.05, 0) is 29.1 Å². The van der Waals surface area contributed by atoms with Crippen LogP contribution in [-0.4, -0.2) is 11.3 Å². The van der Waals surface area contributed by atoms with Gasteiger partial charge < -0.3 is 18.6 Å². The fraction of sp³-hybridized carbons (Fsp3) is 0.0385. The predicted octanol–water partition coefficient (Wildman–Crippen LogP) is 2.98. The number of ether oxygens (including phenoxy) is 2. The normalized spacial score (nSPS) is 13.1. The van der Waals surface area contributed by atoms with Gasteiger partial charge in [-0.25, -0.2) is 0 Å². The molecule has 4 nitrogen and oxygen atoms in total. The van der Waals surface area contributed by atoms with Crippen LogP contribution in [0.2, 0.25) is 0 Å². The Morgan fingerprint density at radius 2 is 1.42 bits per heavy atom. The third-order valence-corrected chi connectivity index (χ3v) is 6.26. The molecule has 146 valence electrons. The molecule has 7 rings (SSSR count). The molecule has 2 aliphatic heterocycles. The third kappa shape index (κ3) is 2.23. The zero-order valence-electron chi connectivity index (χ0n) is 16.9. The molecule has 0 spiro atoms. The third-order valence-electron chi connectivity index (χ3n) is 6.26. The number of hydrogen-bond acceptors (Lipinski definition) is 2. The average Bonchev–Trinajstić information content (AvgIpc) is 3.15. The first-order valence-electron chi connectivity index (χ1n) is 10.4. The van der Waals surface area contributed by atoms with Gasteiger partial charge in [0, 0.05) is 5.46 Å². The summed E-state index contributed by atoms with van der Waals surface area (Å²) < 4.78 is 17.1. The van der Waals surface area contributed by atoms with Crippen molar-refractivity contribution in [3.8, 4) is 28.7 Å². The van der Waals surface area contributed by atoms with Crippen LogP contribution in [0.5, 0.6) is 23.0 Å². The molecule has 0 fully saturated rings. The number of fused-ring (bicyclic) bond motifs is 6. The van der Waals surface area contributed by atoms with Gasteiger partial charge >= 0.3 is 0 Å². The molecule has 0 saturated carbocycles. The van der Waals surface area contributed by atoms with Crippen molar-refractivity contribution >= 4 is 34.1 Å².